The molecule has 0 radical (unpaired) electrons. The van der Waals surface area contributed by atoms with E-state index in [2.05, 4.69) is 20.6 Å². The van der Waals surface area contributed by atoms with Crippen LogP contribution < -0.4 is 15.4 Å². The van der Waals surface area contributed by atoms with Crippen LogP contribution in [0.4, 0.5) is 5.69 Å². The average molecular weight is 420 g/mol. The minimum absolute atomic E-state index is 0.107. The number of methoxy groups -OCH3 is 2. The number of nitrogens with zero attached hydrogens (tertiary/aromatic N) is 2. The van der Waals surface area contributed by atoms with E-state index in [0.717, 1.165) is 0 Å². The molecule has 3 aromatic rings. The van der Waals surface area contributed by atoms with E-state index in [9.17, 15) is 14.4 Å². The molecule has 3 rings (SSSR count). The van der Waals surface area contributed by atoms with Crippen molar-refractivity contribution >= 4 is 23.5 Å². The van der Waals surface area contributed by atoms with Crippen LogP contribution in [0.2, 0.25) is 0 Å². The number of carbonyl (C=O) groups is 3. The van der Waals surface area contributed by atoms with Crippen molar-refractivity contribution in [3.63, 3.8) is 0 Å². The zero-order valence-corrected chi connectivity index (χ0v) is 16.9. The molecule has 31 heavy (non-hydrogen) atoms. The maximum absolute atomic E-state index is 12.6. The topological polar surface area (TPSA) is 120 Å². The summed E-state index contributed by atoms with van der Waals surface area (Å²) in [5, 5.41) is 5.45. The van der Waals surface area contributed by atoms with Gasteiger partial charge in [-0.25, -0.2) is 9.78 Å². The first-order valence-corrected chi connectivity index (χ1v) is 9.22. The molecule has 2 amide bonds. The van der Waals surface area contributed by atoms with Gasteiger partial charge in [0, 0.05) is 24.6 Å². The molecule has 0 aliphatic heterocycles. The van der Waals surface area contributed by atoms with Crippen molar-refractivity contribution in [1.29, 1.82) is 0 Å². The summed E-state index contributed by atoms with van der Waals surface area (Å²) >= 11 is 0. The van der Waals surface area contributed by atoms with E-state index in [4.69, 9.17) is 9.47 Å². The van der Waals surface area contributed by atoms with Crippen LogP contribution >= 0.6 is 0 Å². The molecule has 0 unspecified atom stereocenters. The number of aromatic nitrogens is 2. The maximum Gasteiger partial charge on any atom is 0.337 e. The Bertz CT molecular complexity index is 1100. The van der Waals surface area contributed by atoms with E-state index in [1.165, 1.54) is 38.9 Å². The number of ether oxygens (including phenoxy) is 2. The molecule has 0 aliphatic carbocycles. The molecule has 1 heterocycles. The summed E-state index contributed by atoms with van der Waals surface area (Å²) < 4.78 is 9.99. The van der Waals surface area contributed by atoms with Crippen LogP contribution in [0.15, 0.2) is 61.1 Å². The number of nitrogens with one attached hydrogen (secondary N) is 2. The fraction of sp³-hybridized carbons (Fsp3) is 0.136. The number of rotatable bonds is 7. The number of hydrogen-bond acceptors (Lipinski definition) is 7. The number of benzene rings is 2. The maximum atomic E-state index is 12.6. The van der Waals surface area contributed by atoms with Crippen molar-refractivity contribution in [3.8, 4) is 5.75 Å². The first-order chi connectivity index (χ1) is 15.0. The minimum atomic E-state index is -0.576. The molecule has 0 aliphatic rings. The van der Waals surface area contributed by atoms with E-state index in [-0.39, 0.29) is 23.7 Å². The van der Waals surface area contributed by atoms with Crippen LogP contribution in [0.3, 0.4) is 0 Å². The molecular formula is C22H20N4O5. The Kier molecular flexibility index (Phi) is 6.89. The first-order valence-electron chi connectivity index (χ1n) is 9.22. The van der Waals surface area contributed by atoms with Gasteiger partial charge in [-0.05, 0) is 35.9 Å². The molecular weight excluding hydrogens is 400 g/mol. The molecule has 9 heteroatoms. The van der Waals surface area contributed by atoms with Gasteiger partial charge in [0.25, 0.3) is 11.8 Å². The molecule has 9 nitrogen and oxygen atoms in total. The number of esters is 1. The van der Waals surface area contributed by atoms with Crippen LogP contribution in [0.1, 0.15) is 36.8 Å². The highest BCUT2D eigenvalue weighted by Crippen LogP contribution is 2.19. The van der Waals surface area contributed by atoms with Crippen molar-refractivity contribution in [2.45, 2.75) is 6.54 Å². The lowest BCUT2D eigenvalue weighted by atomic mass is 10.1. The van der Waals surface area contributed by atoms with Crippen LogP contribution in [0.25, 0.3) is 0 Å². The summed E-state index contributed by atoms with van der Waals surface area (Å²) in [6, 6.07) is 11.5. The molecule has 0 fully saturated rings. The van der Waals surface area contributed by atoms with Crippen molar-refractivity contribution in [2.75, 3.05) is 19.5 Å². The zero-order valence-electron chi connectivity index (χ0n) is 16.9. The van der Waals surface area contributed by atoms with Gasteiger partial charge in [0.05, 0.1) is 31.5 Å². The van der Waals surface area contributed by atoms with Gasteiger partial charge in [-0.2, -0.15) is 0 Å². The summed E-state index contributed by atoms with van der Waals surface area (Å²) in [6.45, 7) is 0.107. The fourth-order valence-corrected chi connectivity index (χ4v) is 2.82. The molecule has 0 spiro atoms. The summed E-state index contributed by atoms with van der Waals surface area (Å²) in [6.07, 6.45) is 4.18. The minimum Gasteiger partial charge on any atom is -0.496 e. The van der Waals surface area contributed by atoms with Crippen LogP contribution in [0.5, 0.6) is 5.75 Å². The van der Waals surface area contributed by atoms with Gasteiger partial charge in [0.2, 0.25) is 0 Å². The monoisotopic (exact) mass is 420 g/mol. The standard InChI is InChI=1S/C22H20N4O5/c1-30-19-6-4-3-5-17(19)20(27)25-12-14-9-15(22(29)31-2)11-16(10-14)26-21(28)18-13-23-7-8-24-18/h3-11,13H,12H2,1-2H3,(H,25,27)(H,26,28). The molecule has 1 aromatic heterocycles. The predicted molar refractivity (Wildman–Crippen MR) is 112 cm³/mol. The van der Waals surface area contributed by atoms with E-state index < -0.39 is 11.9 Å². The van der Waals surface area contributed by atoms with Gasteiger partial charge >= 0.3 is 5.97 Å². The molecule has 158 valence electrons. The van der Waals surface area contributed by atoms with Gasteiger partial charge in [0.15, 0.2) is 0 Å². The fourth-order valence-electron chi connectivity index (χ4n) is 2.82. The zero-order chi connectivity index (χ0) is 22.2. The Morgan fingerprint density at radius 2 is 1.81 bits per heavy atom. The Hall–Kier alpha value is -4.27. The number of hydrogen-bond donors (Lipinski definition) is 2. The van der Waals surface area contributed by atoms with Gasteiger partial charge in [-0.3, -0.25) is 14.6 Å². The number of amides is 2. The lowest BCUT2D eigenvalue weighted by Crippen LogP contribution is -2.23. The summed E-state index contributed by atoms with van der Waals surface area (Å²) in [4.78, 5) is 44.8. The van der Waals surface area contributed by atoms with E-state index in [1.807, 2.05) is 0 Å². The highest BCUT2D eigenvalue weighted by atomic mass is 16.5. The number of carbonyl (C=O) groups excluding carboxylic acids is 3. The molecule has 2 aromatic carbocycles. The Labute approximate surface area is 178 Å². The van der Waals surface area contributed by atoms with Crippen molar-refractivity contribution in [2.24, 2.45) is 0 Å². The molecule has 0 saturated heterocycles. The summed E-state index contributed by atoms with van der Waals surface area (Å²) in [5.74, 6) is -0.960. The van der Waals surface area contributed by atoms with E-state index in [0.29, 0.717) is 22.6 Å². The van der Waals surface area contributed by atoms with Crippen LogP contribution in [0, 0.1) is 0 Å². The van der Waals surface area contributed by atoms with E-state index >= 15 is 0 Å². The third-order valence-corrected chi connectivity index (χ3v) is 4.27. The second-order valence-electron chi connectivity index (χ2n) is 6.34. The molecule has 0 saturated carbocycles. The number of para-hydroxylation sites is 1. The second kappa shape index (κ2) is 9.97. The van der Waals surface area contributed by atoms with Gasteiger partial charge in [0.1, 0.15) is 11.4 Å². The summed E-state index contributed by atoms with van der Waals surface area (Å²) in [7, 11) is 2.74. The highest BCUT2D eigenvalue weighted by molar-refractivity contribution is 6.03. The Morgan fingerprint density at radius 3 is 2.52 bits per heavy atom. The normalized spacial score (nSPS) is 10.1. The quantitative estimate of drug-likeness (QED) is 0.564. The van der Waals surface area contributed by atoms with Crippen LogP contribution in [-0.2, 0) is 11.3 Å². The second-order valence-corrected chi connectivity index (χ2v) is 6.34. The Morgan fingerprint density at radius 1 is 1.00 bits per heavy atom. The van der Waals surface area contributed by atoms with Gasteiger partial charge in [-0.1, -0.05) is 12.1 Å². The smallest absolute Gasteiger partial charge is 0.337 e. The predicted octanol–water partition coefficient (Wildman–Crippen LogP) is 2.45. The average Bonchev–Trinajstić information content (AvgIpc) is 2.82. The third kappa shape index (κ3) is 5.41. The van der Waals surface area contributed by atoms with Crippen LogP contribution in [-0.4, -0.2) is 42.0 Å². The SMILES string of the molecule is COC(=O)c1cc(CNC(=O)c2ccccc2OC)cc(NC(=O)c2cnccn2)c1. The molecule has 2 N–H and O–H groups in total. The summed E-state index contributed by atoms with van der Waals surface area (Å²) in [5.41, 5.74) is 1.66. The first kappa shape index (κ1) is 21.4. The lowest BCUT2D eigenvalue weighted by molar-refractivity contribution is 0.0600. The van der Waals surface area contributed by atoms with E-state index in [1.54, 1.807) is 36.4 Å². The van der Waals surface area contributed by atoms with Gasteiger partial charge in [-0.15, -0.1) is 0 Å². The van der Waals surface area contributed by atoms with Crippen molar-refractivity contribution in [1.82, 2.24) is 15.3 Å². The van der Waals surface area contributed by atoms with Crippen molar-refractivity contribution in [3.05, 3.63) is 83.4 Å². The Balaban J connectivity index is 1.80. The third-order valence-electron chi connectivity index (χ3n) is 4.27. The molecule has 0 atom stereocenters. The van der Waals surface area contributed by atoms with Gasteiger partial charge < -0.3 is 20.1 Å². The lowest BCUT2D eigenvalue weighted by Gasteiger charge is -2.12. The largest absolute Gasteiger partial charge is 0.496 e. The molecule has 0 bridgehead atoms. The van der Waals surface area contributed by atoms with Crippen molar-refractivity contribution < 1.29 is 23.9 Å². The highest BCUT2D eigenvalue weighted by Gasteiger charge is 2.15. The number of anilines is 1.